The van der Waals surface area contributed by atoms with E-state index in [-0.39, 0.29) is 23.1 Å². The molecule has 3 N–H and O–H groups in total. The van der Waals surface area contributed by atoms with Crippen LogP contribution >= 0.6 is 11.6 Å². The average molecular weight is 269 g/mol. The van der Waals surface area contributed by atoms with Gasteiger partial charge in [0.25, 0.3) is 0 Å². The Morgan fingerprint density at radius 2 is 2.17 bits per heavy atom. The van der Waals surface area contributed by atoms with E-state index in [1.165, 1.54) is 25.6 Å². The molecule has 0 fully saturated rings. The Hall–Kier alpha value is -2.08. The van der Waals surface area contributed by atoms with Crippen molar-refractivity contribution in [3.8, 4) is 5.88 Å². The predicted octanol–water partition coefficient (Wildman–Crippen LogP) is 2.60. The summed E-state index contributed by atoms with van der Waals surface area (Å²) in [6.07, 6.45) is 1.27. The number of benzene rings is 1. The van der Waals surface area contributed by atoms with Crippen LogP contribution in [0.1, 0.15) is 0 Å². The molecule has 0 unspecified atom stereocenters. The van der Waals surface area contributed by atoms with E-state index < -0.39 is 5.82 Å². The summed E-state index contributed by atoms with van der Waals surface area (Å²) in [5.41, 5.74) is 6.18. The minimum atomic E-state index is -0.500. The van der Waals surface area contributed by atoms with Crippen molar-refractivity contribution < 1.29 is 9.13 Å². The minimum Gasteiger partial charge on any atom is -0.479 e. The third kappa shape index (κ3) is 2.43. The molecule has 1 heterocycles. The van der Waals surface area contributed by atoms with Crippen LogP contribution in [0.15, 0.2) is 24.5 Å². The van der Waals surface area contributed by atoms with Gasteiger partial charge in [0.05, 0.1) is 12.8 Å². The van der Waals surface area contributed by atoms with Gasteiger partial charge in [-0.15, -0.1) is 0 Å². The molecule has 0 bridgehead atoms. The summed E-state index contributed by atoms with van der Waals surface area (Å²) in [6.45, 7) is 0. The quantitative estimate of drug-likeness (QED) is 0.895. The van der Waals surface area contributed by atoms with Crippen LogP contribution in [0.4, 0.5) is 21.6 Å². The van der Waals surface area contributed by atoms with Gasteiger partial charge >= 0.3 is 0 Å². The molecule has 0 spiro atoms. The Labute approximate surface area is 108 Å². The third-order valence-electron chi connectivity index (χ3n) is 2.22. The second kappa shape index (κ2) is 5.05. The lowest BCUT2D eigenvalue weighted by Crippen LogP contribution is -2.04. The van der Waals surface area contributed by atoms with Gasteiger partial charge in [-0.3, -0.25) is 0 Å². The van der Waals surface area contributed by atoms with E-state index in [4.69, 9.17) is 22.1 Å². The number of anilines is 3. The van der Waals surface area contributed by atoms with E-state index >= 15 is 0 Å². The Bertz CT molecular complexity index is 579. The molecule has 0 atom stereocenters. The van der Waals surface area contributed by atoms with Crippen LogP contribution in [0.2, 0.25) is 5.02 Å². The maximum atomic E-state index is 13.6. The lowest BCUT2D eigenvalue weighted by Gasteiger charge is -2.10. The van der Waals surface area contributed by atoms with Crippen molar-refractivity contribution in [2.45, 2.75) is 0 Å². The zero-order valence-corrected chi connectivity index (χ0v) is 10.2. The number of halogens is 2. The van der Waals surface area contributed by atoms with Crippen LogP contribution in [0.25, 0.3) is 0 Å². The summed E-state index contributed by atoms with van der Waals surface area (Å²) in [6, 6.07) is 4.24. The maximum Gasteiger partial charge on any atom is 0.242 e. The van der Waals surface area contributed by atoms with Gasteiger partial charge in [0, 0.05) is 5.02 Å². The summed E-state index contributed by atoms with van der Waals surface area (Å²) in [5, 5.41) is 3.06. The number of rotatable bonds is 3. The van der Waals surface area contributed by atoms with Gasteiger partial charge in [0.15, 0.2) is 5.82 Å². The normalized spacial score (nSPS) is 10.2. The first-order valence-electron chi connectivity index (χ1n) is 4.98. The molecule has 7 heteroatoms. The molecule has 94 valence electrons. The van der Waals surface area contributed by atoms with E-state index in [0.717, 1.165) is 0 Å². The van der Waals surface area contributed by atoms with Crippen molar-refractivity contribution >= 4 is 28.8 Å². The van der Waals surface area contributed by atoms with Crippen LogP contribution in [0.5, 0.6) is 5.88 Å². The zero-order chi connectivity index (χ0) is 13.1. The van der Waals surface area contributed by atoms with Gasteiger partial charge in [0.1, 0.15) is 17.8 Å². The maximum absolute atomic E-state index is 13.6. The second-order valence-corrected chi connectivity index (χ2v) is 3.83. The highest BCUT2D eigenvalue weighted by molar-refractivity contribution is 6.30. The van der Waals surface area contributed by atoms with Gasteiger partial charge in [-0.2, -0.15) is 4.98 Å². The largest absolute Gasteiger partial charge is 0.479 e. The van der Waals surface area contributed by atoms with Gasteiger partial charge in [-0.1, -0.05) is 11.6 Å². The van der Waals surface area contributed by atoms with E-state index in [0.29, 0.717) is 5.02 Å². The summed E-state index contributed by atoms with van der Waals surface area (Å²) < 4.78 is 18.5. The molecular formula is C11H10ClFN4O. The number of nitrogens with two attached hydrogens (primary N) is 1. The van der Waals surface area contributed by atoms with Crippen molar-refractivity contribution in [2.75, 3.05) is 18.2 Å². The molecular weight excluding hydrogens is 259 g/mol. The van der Waals surface area contributed by atoms with Gasteiger partial charge in [0.2, 0.25) is 5.88 Å². The van der Waals surface area contributed by atoms with E-state index in [1.54, 1.807) is 6.07 Å². The first kappa shape index (κ1) is 12.4. The molecule has 0 radical (unpaired) electrons. The SMILES string of the molecule is COc1ncnc(Nc2ccc(Cl)cc2F)c1N. The third-order valence-corrected chi connectivity index (χ3v) is 2.46. The highest BCUT2D eigenvalue weighted by Crippen LogP contribution is 2.28. The fraction of sp³-hybridized carbons (Fsp3) is 0.0909. The average Bonchev–Trinajstić information content (AvgIpc) is 2.35. The molecule has 0 aliphatic carbocycles. The number of nitrogens with one attached hydrogen (secondary N) is 1. The topological polar surface area (TPSA) is 73.1 Å². The standard InChI is InChI=1S/C11H10ClFN4O/c1-18-11-9(14)10(15-5-16-11)17-8-3-2-6(12)4-7(8)13/h2-5H,14H2,1H3,(H,15,16,17). The molecule has 1 aromatic heterocycles. The zero-order valence-electron chi connectivity index (χ0n) is 9.45. The molecule has 0 saturated carbocycles. The number of hydrogen-bond donors (Lipinski definition) is 2. The van der Waals surface area contributed by atoms with Crippen LogP contribution in [0, 0.1) is 5.82 Å². The molecule has 0 aliphatic heterocycles. The number of methoxy groups -OCH3 is 1. The Balaban J connectivity index is 2.34. The van der Waals surface area contributed by atoms with Gasteiger partial charge in [-0.05, 0) is 18.2 Å². The van der Waals surface area contributed by atoms with Crippen molar-refractivity contribution in [1.82, 2.24) is 9.97 Å². The molecule has 2 rings (SSSR count). The highest BCUT2D eigenvalue weighted by Gasteiger charge is 2.10. The van der Waals surface area contributed by atoms with Crippen molar-refractivity contribution in [3.63, 3.8) is 0 Å². The highest BCUT2D eigenvalue weighted by atomic mass is 35.5. The van der Waals surface area contributed by atoms with Crippen molar-refractivity contribution in [1.29, 1.82) is 0 Å². The predicted molar refractivity (Wildman–Crippen MR) is 67.7 cm³/mol. The van der Waals surface area contributed by atoms with E-state index in [1.807, 2.05) is 0 Å². The number of nitrogens with zero attached hydrogens (tertiary/aromatic N) is 2. The lowest BCUT2D eigenvalue weighted by atomic mass is 10.3. The van der Waals surface area contributed by atoms with Gasteiger partial charge in [-0.25, -0.2) is 9.37 Å². The van der Waals surface area contributed by atoms with Crippen molar-refractivity contribution in [3.05, 3.63) is 35.4 Å². The van der Waals surface area contributed by atoms with Gasteiger partial charge < -0.3 is 15.8 Å². The van der Waals surface area contributed by atoms with Crippen LogP contribution in [-0.4, -0.2) is 17.1 Å². The number of nitrogen functional groups attached to an aromatic ring is 1. The number of hydrogen-bond acceptors (Lipinski definition) is 5. The number of aromatic nitrogens is 2. The summed E-state index contributed by atoms with van der Waals surface area (Å²) in [5.74, 6) is -0.00979. The molecule has 18 heavy (non-hydrogen) atoms. The molecule has 0 amide bonds. The second-order valence-electron chi connectivity index (χ2n) is 3.39. The molecule has 5 nitrogen and oxygen atoms in total. The molecule has 0 aliphatic rings. The summed E-state index contributed by atoms with van der Waals surface area (Å²) >= 11 is 5.66. The van der Waals surface area contributed by atoms with Crippen LogP contribution in [0.3, 0.4) is 0 Å². The lowest BCUT2D eigenvalue weighted by molar-refractivity contribution is 0.399. The van der Waals surface area contributed by atoms with Crippen LogP contribution in [-0.2, 0) is 0 Å². The van der Waals surface area contributed by atoms with Crippen LogP contribution < -0.4 is 15.8 Å². The molecule has 1 aromatic carbocycles. The minimum absolute atomic E-state index is 0.203. The fourth-order valence-electron chi connectivity index (χ4n) is 1.36. The smallest absolute Gasteiger partial charge is 0.242 e. The van der Waals surface area contributed by atoms with E-state index in [2.05, 4.69) is 15.3 Å². The summed E-state index contributed by atoms with van der Waals surface area (Å²) in [7, 11) is 1.44. The molecule has 2 aromatic rings. The summed E-state index contributed by atoms with van der Waals surface area (Å²) in [4.78, 5) is 7.74. The van der Waals surface area contributed by atoms with E-state index in [9.17, 15) is 4.39 Å². The molecule has 0 saturated heterocycles. The Morgan fingerprint density at radius 3 is 2.83 bits per heavy atom. The fourth-order valence-corrected chi connectivity index (χ4v) is 1.52. The monoisotopic (exact) mass is 268 g/mol. The Kier molecular flexibility index (Phi) is 3.47. The Morgan fingerprint density at radius 1 is 1.39 bits per heavy atom. The van der Waals surface area contributed by atoms with Crippen molar-refractivity contribution in [2.24, 2.45) is 0 Å². The number of ether oxygens (including phenoxy) is 1. The first-order chi connectivity index (χ1) is 8.61. The first-order valence-corrected chi connectivity index (χ1v) is 5.36.